The third-order valence-electron chi connectivity index (χ3n) is 2.19. The van der Waals surface area contributed by atoms with Crippen molar-refractivity contribution in [2.24, 2.45) is 0 Å². The summed E-state index contributed by atoms with van der Waals surface area (Å²) in [6, 6.07) is 7.65. The van der Waals surface area contributed by atoms with Crippen molar-refractivity contribution in [3.05, 3.63) is 29.8 Å². The van der Waals surface area contributed by atoms with Crippen LogP contribution in [0.4, 0.5) is 11.5 Å². The first-order chi connectivity index (χ1) is 6.66. The van der Waals surface area contributed by atoms with E-state index in [1.807, 2.05) is 25.1 Å². The number of nitrogen functional groups attached to an aromatic ring is 2. The van der Waals surface area contributed by atoms with E-state index in [1.165, 1.54) is 0 Å². The first-order valence-electron chi connectivity index (χ1n) is 4.34. The van der Waals surface area contributed by atoms with E-state index in [0.717, 1.165) is 22.5 Å². The lowest BCUT2D eigenvalue weighted by Crippen LogP contribution is -1.89. The largest absolute Gasteiger partial charge is 0.398 e. The number of aromatic amines is 1. The van der Waals surface area contributed by atoms with Crippen molar-refractivity contribution in [2.75, 3.05) is 11.5 Å². The fourth-order valence-electron chi connectivity index (χ4n) is 1.29. The number of aryl methyl sites for hydroxylation is 1. The van der Waals surface area contributed by atoms with Gasteiger partial charge in [0.2, 0.25) is 0 Å². The lowest BCUT2D eigenvalue weighted by molar-refractivity contribution is 1.10. The molecule has 0 radical (unpaired) electrons. The van der Waals surface area contributed by atoms with Gasteiger partial charge in [0.1, 0.15) is 5.82 Å². The average Bonchev–Trinajstić information content (AvgIpc) is 2.57. The summed E-state index contributed by atoms with van der Waals surface area (Å²) in [5.74, 6) is 0.485. The summed E-state index contributed by atoms with van der Waals surface area (Å²) in [7, 11) is 0. The molecule has 0 aliphatic rings. The number of H-pyrrole nitrogens is 1. The van der Waals surface area contributed by atoms with Crippen LogP contribution in [0, 0.1) is 6.92 Å². The van der Waals surface area contributed by atoms with E-state index in [0.29, 0.717) is 5.82 Å². The molecule has 1 aromatic heterocycles. The molecular formula is C10H12N4. The lowest BCUT2D eigenvalue weighted by atomic mass is 10.1. The topological polar surface area (TPSA) is 80.7 Å². The van der Waals surface area contributed by atoms with Crippen LogP contribution in [0.25, 0.3) is 11.3 Å². The Bertz CT molecular complexity index is 459. The van der Waals surface area contributed by atoms with E-state index in [9.17, 15) is 0 Å². The molecule has 0 amide bonds. The average molecular weight is 188 g/mol. The molecule has 1 heterocycles. The molecule has 0 unspecified atom stereocenters. The maximum Gasteiger partial charge on any atom is 0.145 e. The molecular weight excluding hydrogens is 176 g/mol. The van der Waals surface area contributed by atoms with Crippen molar-refractivity contribution >= 4 is 11.5 Å². The summed E-state index contributed by atoms with van der Waals surface area (Å²) < 4.78 is 0. The van der Waals surface area contributed by atoms with E-state index in [1.54, 1.807) is 6.07 Å². The Morgan fingerprint density at radius 2 is 2.00 bits per heavy atom. The van der Waals surface area contributed by atoms with Crippen LogP contribution in [0.15, 0.2) is 24.3 Å². The predicted octanol–water partition coefficient (Wildman–Crippen LogP) is 1.55. The first-order valence-corrected chi connectivity index (χ1v) is 4.34. The molecule has 0 bridgehead atoms. The molecule has 0 saturated carbocycles. The summed E-state index contributed by atoms with van der Waals surface area (Å²) in [5.41, 5.74) is 15.0. The standard InChI is InChI=1S/C10H12N4/c1-6-2-3-7(4-8(6)11)9-5-10(12)14-13-9/h2-5H,11H2,1H3,(H3,12,13,14). The summed E-state index contributed by atoms with van der Waals surface area (Å²) in [5, 5.41) is 6.69. The third-order valence-corrected chi connectivity index (χ3v) is 2.19. The van der Waals surface area contributed by atoms with Crippen LogP contribution >= 0.6 is 0 Å². The fourth-order valence-corrected chi connectivity index (χ4v) is 1.29. The van der Waals surface area contributed by atoms with E-state index in [-0.39, 0.29) is 0 Å². The van der Waals surface area contributed by atoms with E-state index in [2.05, 4.69) is 10.2 Å². The molecule has 0 fully saturated rings. The summed E-state index contributed by atoms with van der Waals surface area (Å²) in [4.78, 5) is 0. The van der Waals surface area contributed by atoms with Crippen LogP contribution in [0.2, 0.25) is 0 Å². The zero-order valence-corrected chi connectivity index (χ0v) is 7.91. The van der Waals surface area contributed by atoms with Gasteiger partial charge < -0.3 is 11.5 Å². The summed E-state index contributed by atoms with van der Waals surface area (Å²) in [6.07, 6.45) is 0. The van der Waals surface area contributed by atoms with Gasteiger partial charge in [0.15, 0.2) is 0 Å². The predicted molar refractivity (Wildman–Crippen MR) is 57.6 cm³/mol. The molecule has 4 heteroatoms. The number of benzene rings is 1. The van der Waals surface area contributed by atoms with E-state index < -0.39 is 0 Å². The van der Waals surface area contributed by atoms with Gasteiger partial charge in [-0.15, -0.1) is 0 Å². The van der Waals surface area contributed by atoms with Crippen LogP contribution in [-0.4, -0.2) is 10.2 Å². The summed E-state index contributed by atoms with van der Waals surface area (Å²) in [6.45, 7) is 1.97. The highest BCUT2D eigenvalue weighted by atomic mass is 15.2. The van der Waals surface area contributed by atoms with E-state index >= 15 is 0 Å². The number of nitrogens with two attached hydrogens (primary N) is 2. The van der Waals surface area contributed by atoms with Crippen LogP contribution in [0.3, 0.4) is 0 Å². The van der Waals surface area contributed by atoms with Gasteiger partial charge in [-0.25, -0.2) is 0 Å². The summed E-state index contributed by atoms with van der Waals surface area (Å²) >= 11 is 0. The van der Waals surface area contributed by atoms with Gasteiger partial charge in [0, 0.05) is 17.3 Å². The minimum Gasteiger partial charge on any atom is -0.398 e. The maximum atomic E-state index is 5.80. The molecule has 2 rings (SSSR count). The Morgan fingerprint density at radius 1 is 1.21 bits per heavy atom. The van der Waals surface area contributed by atoms with Crippen LogP contribution < -0.4 is 11.5 Å². The number of nitrogens with zero attached hydrogens (tertiary/aromatic N) is 1. The van der Waals surface area contributed by atoms with Gasteiger partial charge in [0.25, 0.3) is 0 Å². The van der Waals surface area contributed by atoms with Crippen molar-refractivity contribution in [3.63, 3.8) is 0 Å². The van der Waals surface area contributed by atoms with Crippen LogP contribution in [-0.2, 0) is 0 Å². The Morgan fingerprint density at radius 3 is 2.57 bits per heavy atom. The van der Waals surface area contributed by atoms with Gasteiger partial charge >= 0.3 is 0 Å². The monoisotopic (exact) mass is 188 g/mol. The highest BCUT2D eigenvalue weighted by Crippen LogP contribution is 2.22. The molecule has 5 N–H and O–H groups in total. The zero-order valence-electron chi connectivity index (χ0n) is 7.91. The molecule has 0 atom stereocenters. The van der Waals surface area contributed by atoms with Gasteiger partial charge in [-0.3, -0.25) is 5.10 Å². The first kappa shape index (κ1) is 8.62. The number of aromatic nitrogens is 2. The Kier molecular flexibility index (Phi) is 1.89. The molecule has 1 aromatic carbocycles. The van der Waals surface area contributed by atoms with Crippen molar-refractivity contribution in [2.45, 2.75) is 6.92 Å². The quantitative estimate of drug-likeness (QED) is 0.594. The molecule has 72 valence electrons. The third kappa shape index (κ3) is 1.42. The molecule has 0 aliphatic carbocycles. The highest BCUT2D eigenvalue weighted by Gasteiger charge is 2.02. The fraction of sp³-hybridized carbons (Fsp3) is 0.100. The number of rotatable bonds is 1. The molecule has 4 nitrogen and oxygen atoms in total. The van der Waals surface area contributed by atoms with Crippen LogP contribution in [0.5, 0.6) is 0 Å². The number of anilines is 2. The molecule has 2 aromatic rings. The van der Waals surface area contributed by atoms with Crippen molar-refractivity contribution < 1.29 is 0 Å². The van der Waals surface area contributed by atoms with Gasteiger partial charge in [0.05, 0.1) is 5.69 Å². The smallest absolute Gasteiger partial charge is 0.145 e. The maximum absolute atomic E-state index is 5.80. The minimum absolute atomic E-state index is 0.485. The Hall–Kier alpha value is -1.97. The zero-order chi connectivity index (χ0) is 10.1. The van der Waals surface area contributed by atoms with Crippen LogP contribution in [0.1, 0.15) is 5.56 Å². The van der Waals surface area contributed by atoms with Crippen molar-refractivity contribution in [1.82, 2.24) is 10.2 Å². The van der Waals surface area contributed by atoms with Crippen molar-refractivity contribution in [1.29, 1.82) is 0 Å². The lowest BCUT2D eigenvalue weighted by Gasteiger charge is -2.02. The minimum atomic E-state index is 0.485. The number of hydrogen-bond donors (Lipinski definition) is 3. The molecule has 0 saturated heterocycles. The van der Waals surface area contributed by atoms with Gasteiger partial charge in [-0.05, 0) is 18.6 Å². The van der Waals surface area contributed by atoms with Gasteiger partial charge in [-0.2, -0.15) is 5.10 Å². The highest BCUT2D eigenvalue weighted by molar-refractivity contribution is 5.67. The van der Waals surface area contributed by atoms with Gasteiger partial charge in [-0.1, -0.05) is 12.1 Å². The Labute approximate surface area is 81.9 Å². The number of nitrogens with one attached hydrogen (secondary N) is 1. The second-order valence-corrected chi connectivity index (χ2v) is 3.28. The number of hydrogen-bond acceptors (Lipinski definition) is 3. The molecule has 0 aliphatic heterocycles. The SMILES string of the molecule is Cc1ccc(-c2cc(N)n[nH]2)cc1N. The Balaban J connectivity index is 2.47. The van der Waals surface area contributed by atoms with Crippen molar-refractivity contribution in [3.8, 4) is 11.3 Å². The molecule has 14 heavy (non-hydrogen) atoms. The second-order valence-electron chi connectivity index (χ2n) is 3.28. The van der Waals surface area contributed by atoms with E-state index in [4.69, 9.17) is 11.5 Å². The second kappa shape index (κ2) is 3.06. The normalized spacial score (nSPS) is 10.4. The molecule has 0 spiro atoms.